The maximum atomic E-state index is 13.5. The van der Waals surface area contributed by atoms with Crippen molar-refractivity contribution in [1.29, 1.82) is 0 Å². The number of nitrogens with one attached hydrogen (secondary N) is 1. The number of aliphatic hydroxyl groups excluding tert-OH is 1. The van der Waals surface area contributed by atoms with Gasteiger partial charge in [-0.2, -0.15) is 4.31 Å². The fourth-order valence-electron chi connectivity index (χ4n) is 3.72. The lowest BCUT2D eigenvalue weighted by molar-refractivity contribution is 0.0685. The Morgan fingerprint density at radius 2 is 1.42 bits per heavy atom. The lowest BCUT2D eigenvalue weighted by atomic mass is 10.2. The van der Waals surface area contributed by atoms with E-state index in [0.717, 1.165) is 36.4 Å². The van der Waals surface area contributed by atoms with Crippen LogP contribution in [0.5, 0.6) is 0 Å². The number of carbonyl (C=O) groups is 2. The predicted octanol–water partition coefficient (Wildman–Crippen LogP) is 0.517. The van der Waals surface area contributed by atoms with Crippen LogP contribution in [0.15, 0.2) is 46.2 Å². The lowest BCUT2D eigenvalue weighted by Crippen LogP contribution is -2.49. The molecule has 0 bridgehead atoms. The van der Waals surface area contributed by atoms with Crippen molar-refractivity contribution in [3.05, 3.63) is 57.6 Å². The zero-order chi connectivity index (χ0) is 28.6. The van der Waals surface area contributed by atoms with E-state index in [0.29, 0.717) is 4.31 Å². The summed E-state index contributed by atoms with van der Waals surface area (Å²) in [7, 11) is -13.2. The van der Waals surface area contributed by atoms with Crippen molar-refractivity contribution in [2.24, 2.45) is 0 Å². The molecule has 1 saturated heterocycles. The minimum atomic E-state index is -4.79. The molecule has 1 aliphatic rings. The van der Waals surface area contributed by atoms with Gasteiger partial charge in [-0.25, -0.2) is 39.6 Å². The molecule has 0 saturated carbocycles. The molecule has 3 rings (SSSR count). The van der Waals surface area contributed by atoms with Crippen molar-refractivity contribution >= 4 is 65.0 Å². The molecule has 38 heavy (non-hydrogen) atoms. The highest BCUT2D eigenvalue weighted by Gasteiger charge is 2.45. The zero-order valence-corrected chi connectivity index (χ0v) is 22.9. The number of hydrogen-bond acceptors (Lipinski definition) is 9. The van der Waals surface area contributed by atoms with Crippen LogP contribution < -0.4 is 4.72 Å². The molecular weight excluding hydrogens is 611 g/mol. The first kappa shape index (κ1) is 30.2. The normalized spacial score (nSPS) is 19.5. The van der Waals surface area contributed by atoms with Crippen molar-refractivity contribution in [2.75, 3.05) is 24.6 Å². The third kappa shape index (κ3) is 6.45. The number of carboxylic acid groups (broad SMARTS) is 2. The maximum absolute atomic E-state index is 13.5. The minimum absolute atomic E-state index is 0.318. The second kappa shape index (κ2) is 11.1. The summed E-state index contributed by atoms with van der Waals surface area (Å²) < 4.78 is 79.5. The van der Waals surface area contributed by atoms with Crippen molar-refractivity contribution < 1.29 is 50.2 Å². The second-order valence-corrected chi connectivity index (χ2v) is 14.7. The molecule has 208 valence electrons. The van der Waals surface area contributed by atoms with Gasteiger partial charge in [-0.3, -0.25) is 0 Å². The number of hydrogen-bond donors (Lipinski definition) is 4. The molecule has 1 aliphatic heterocycles. The van der Waals surface area contributed by atoms with Crippen LogP contribution in [0.1, 0.15) is 20.7 Å². The number of aromatic carboxylic acids is 2. The topological polar surface area (TPSA) is 213 Å². The van der Waals surface area contributed by atoms with E-state index in [1.807, 2.05) is 0 Å². The molecule has 0 aromatic heterocycles. The number of sulfone groups is 1. The van der Waals surface area contributed by atoms with Gasteiger partial charge in [-0.15, -0.1) is 0 Å². The average Bonchev–Trinajstić information content (AvgIpc) is 3.07. The highest BCUT2D eigenvalue weighted by Crippen LogP contribution is 2.30. The molecule has 2 aromatic rings. The van der Waals surface area contributed by atoms with Crippen molar-refractivity contribution in [3.63, 3.8) is 0 Å². The Morgan fingerprint density at radius 3 is 1.89 bits per heavy atom. The molecule has 13 nitrogen and oxygen atoms in total. The van der Waals surface area contributed by atoms with Gasteiger partial charge in [0, 0.05) is 13.1 Å². The maximum Gasteiger partial charge on any atom is 0.335 e. The van der Waals surface area contributed by atoms with Gasteiger partial charge in [0.15, 0.2) is 9.84 Å². The van der Waals surface area contributed by atoms with Gasteiger partial charge in [-0.05, 0) is 36.4 Å². The Balaban J connectivity index is 1.98. The molecule has 4 N–H and O–H groups in total. The molecule has 1 heterocycles. The Labute approximate surface area is 227 Å². The second-order valence-electron chi connectivity index (χ2n) is 8.13. The Hall–Kier alpha value is -2.31. The van der Waals surface area contributed by atoms with Crippen molar-refractivity contribution in [3.8, 4) is 0 Å². The van der Waals surface area contributed by atoms with Crippen LogP contribution in [0.4, 0.5) is 0 Å². The van der Waals surface area contributed by atoms with Gasteiger partial charge in [0.1, 0.15) is 9.79 Å². The summed E-state index contributed by atoms with van der Waals surface area (Å²) in [5.74, 6) is -4.44. The number of sulfonamides is 2. The van der Waals surface area contributed by atoms with Gasteiger partial charge in [-0.1, -0.05) is 23.2 Å². The first-order valence-corrected chi connectivity index (χ1v) is 15.9. The monoisotopic (exact) mass is 630 g/mol. The number of rotatable bonds is 10. The predicted molar refractivity (Wildman–Crippen MR) is 134 cm³/mol. The Bertz CT molecular complexity index is 1610. The van der Waals surface area contributed by atoms with Crippen molar-refractivity contribution in [2.45, 2.75) is 21.9 Å². The van der Waals surface area contributed by atoms with E-state index < -0.39 is 98.9 Å². The molecule has 0 aliphatic carbocycles. The van der Waals surface area contributed by atoms with Crippen molar-refractivity contribution in [1.82, 2.24) is 9.03 Å². The number of carboxylic acids is 2. The van der Waals surface area contributed by atoms with Crippen LogP contribution >= 0.6 is 23.2 Å². The summed E-state index contributed by atoms with van der Waals surface area (Å²) in [6, 6.07) is 4.20. The first-order valence-electron chi connectivity index (χ1n) is 10.4. The summed E-state index contributed by atoms with van der Waals surface area (Å²) in [4.78, 5) is 21.3. The van der Waals surface area contributed by atoms with Gasteiger partial charge < -0.3 is 15.3 Å². The average molecular weight is 631 g/mol. The van der Waals surface area contributed by atoms with Crippen LogP contribution in [0.3, 0.4) is 0 Å². The number of aliphatic hydroxyl groups is 1. The smallest absolute Gasteiger partial charge is 0.335 e. The van der Waals surface area contributed by atoms with Crippen LogP contribution in [-0.4, -0.2) is 93.6 Å². The van der Waals surface area contributed by atoms with Crippen LogP contribution in [-0.2, 0) is 29.9 Å². The van der Waals surface area contributed by atoms with Gasteiger partial charge >= 0.3 is 11.9 Å². The third-order valence-electron chi connectivity index (χ3n) is 5.52. The Kier molecular flexibility index (Phi) is 8.79. The lowest BCUT2D eigenvalue weighted by Gasteiger charge is -2.29. The van der Waals surface area contributed by atoms with Gasteiger partial charge in [0.05, 0.1) is 44.8 Å². The largest absolute Gasteiger partial charge is 0.478 e. The standard InChI is InChI=1S/C20H20Cl2N2O11S3/c21-13-3-1-11(19(26)27)7-17(13)37(32,33)23-5-6-24(15-9-36(30,31)10-16(15)25)38(34,35)18-8-12(20(28)29)2-4-14(18)22/h1-4,7-8,15-16,23,25H,5-6,9-10H2,(H,26,27)(H,28,29)/t15-,16+/m0/s1. The molecule has 2 aromatic carbocycles. The molecule has 0 spiro atoms. The zero-order valence-electron chi connectivity index (χ0n) is 19.0. The highest BCUT2D eigenvalue weighted by atomic mass is 35.5. The van der Waals surface area contributed by atoms with E-state index in [2.05, 4.69) is 4.72 Å². The quantitative estimate of drug-likeness (QED) is 0.284. The van der Waals surface area contributed by atoms with E-state index in [1.54, 1.807) is 0 Å². The molecule has 18 heteroatoms. The van der Waals surface area contributed by atoms with E-state index in [9.17, 15) is 45.1 Å². The van der Waals surface area contributed by atoms with E-state index in [-0.39, 0.29) is 10.6 Å². The van der Waals surface area contributed by atoms with E-state index >= 15 is 0 Å². The summed E-state index contributed by atoms with van der Waals surface area (Å²) in [5.41, 5.74) is -0.826. The van der Waals surface area contributed by atoms with Crippen LogP contribution in [0.2, 0.25) is 10.0 Å². The summed E-state index contributed by atoms with van der Waals surface area (Å²) in [5, 5.41) is 28.0. The Morgan fingerprint density at radius 1 is 0.921 bits per heavy atom. The molecule has 2 atom stereocenters. The number of halogens is 2. The van der Waals surface area contributed by atoms with Gasteiger partial charge in [0.25, 0.3) is 0 Å². The minimum Gasteiger partial charge on any atom is -0.478 e. The van der Waals surface area contributed by atoms with Crippen LogP contribution in [0.25, 0.3) is 0 Å². The number of benzene rings is 2. The van der Waals surface area contributed by atoms with Crippen LogP contribution in [0, 0.1) is 0 Å². The fourth-order valence-corrected chi connectivity index (χ4v) is 9.32. The third-order valence-corrected chi connectivity index (χ3v) is 11.6. The summed E-state index contributed by atoms with van der Waals surface area (Å²) in [6.45, 7) is -1.39. The molecule has 0 amide bonds. The summed E-state index contributed by atoms with van der Waals surface area (Å²) in [6.07, 6.45) is -1.67. The SMILES string of the molecule is O=C(O)c1ccc(Cl)c(S(=O)(=O)NCCN([C@H]2CS(=O)(=O)C[C@H]2O)S(=O)(=O)c2cc(C(=O)O)ccc2Cl)c1. The molecule has 0 unspecified atom stereocenters. The molecule has 1 fully saturated rings. The number of nitrogens with zero attached hydrogens (tertiary/aromatic N) is 1. The fraction of sp³-hybridized carbons (Fsp3) is 0.300. The summed E-state index contributed by atoms with van der Waals surface area (Å²) >= 11 is 11.9. The molecule has 0 radical (unpaired) electrons. The molecular formula is C20H20Cl2N2O11S3. The van der Waals surface area contributed by atoms with E-state index in [4.69, 9.17) is 28.3 Å². The van der Waals surface area contributed by atoms with E-state index in [1.165, 1.54) is 0 Å². The first-order chi connectivity index (χ1) is 17.5. The van der Waals surface area contributed by atoms with Gasteiger partial charge in [0.2, 0.25) is 20.0 Å². The highest BCUT2D eigenvalue weighted by molar-refractivity contribution is 7.92.